The summed E-state index contributed by atoms with van der Waals surface area (Å²) in [6, 6.07) is 0.178. The van der Waals surface area contributed by atoms with Gasteiger partial charge in [-0.1, -0.05) is 19.3 Å². The molecular weight excluding hydrogens is 202 g/mol. The molecular formula is C13H23NO2. The molecule has 1 saturated carbocycles. The molecule has 3 nitrogen and oxygen atoms in total. The first kappa shape index (κ1) is 11.9. The summed E-state index contributed by atoms with van der Waals surface area (Å²) in [5, 5.41) is 3.13. The topological polar surface area (TPSA) is 38.3 Å². The molecule has 1 amide bonds. The van der Waals surface area contributed by atoms with E-state index in [2.05, 4.69) is 12.2 Å². The summed E-state index contributed by atoms with van der Waals surface area (Å²) in [5.41, 5.74) is 0. The van der Waals surface area contributed by atoms with Gasteiger partial charge in [0.25, 0.3) is 0 Å². The van der Waals surface area contributed by atoms with E-state index in [1.54, 1.807) is 0 Å². The van der Waals surface area contributed by atoms with Crippen molar-refractivity contribution in [3.63, 3.8) is 0 Å². The van der Waals surface area contributed by atoms with Gasteiger partial charge in [-0.05, 0) is 32.6 Å². The van der Waals surface area contributed by atoms with Crippen LogP contribution in [0.3, 0.4) is 0 Å². The maximum Gasteiger partial charge on any atom is 0.223 e. The Bertz CT molecular complexity index is 230. The molecule has 2 rings (SSSR count). The zero-order valence-electron chi connectivity index (χ0n) is 10.2. The molecule has 0 spiro atoms. The summed E-state index contributed by atoms with van der Waals surface area (Å²) >= 11 is 0. The molecule has 0 unspecified atom stereocenters. The fourth-order valence-corrected chi connectivity index (χ4v) is 2.80. The van der Waals surface area contributed by atoms with E-state index in [-0.39, 0.29) is 24.0 Å². The van der Waals surface area contributed by atoms with Gasteiger partial charge in [0.1, 0.15) is 0 Å². The van der Waals surface area contributed by atoms with Crippen LogP contribution >= 0.6 is 0 Å². The van der Waals surface area contributed by atoms with Crippen molar-refractivity contribution in [2.45, 2.75) is 64.0 Å². The van der Waals surface area contributed by atoms with E-state index in [1.165, 1.54) is 19.3 Å². The van der Waals surface area contributed by atoms with Gasteiger partial charge in [-0.25, -0.2) is 0 Å². The Balaban J connectivity index is 1.76. The van der Waals surface area contributed by atoms with Gasteiger partial charge in [0.15, 0.2) is 0 Å². The Morgan fingerprint density at radius 1 is 1.19 bits per heavy atom. The van der Waals surface area contributed by atoms with Crippen molar-refractivity contribution in [1.29, 1.82) is 0 Å². The molecule has 1 saturated heterocycles. The zero-order valence-corrected chi connectivity index (χ0v) is 10.2. The average molecular weight is 225 g/mol. The number of hydrogen-bond acceptors (Lipinski definition) is 2. The number of carbonyl (C=O) groups is 1. The third kappa shape index (κ3) is 2.97. The van der Waals surface area contributed by atoms with Gasteiger partial charge in [-0.2, -0.15) is 0 Å². The van der Waals surface area contributed by atoms with E-state index in [9.17, 15) is 4.79 Å². The highest BCUT2D eigenvalue weighted by molar-refractivity contribution is 5.79. The molecule has 16 heavy (non-hydrogen) atoms. The molecule has 92 valence electrons. The highest BCUT2D eigenvalue weighted by atomic mass is 16.5. The zero-order chi connectivity index (χ0) is 11.4. The standard InChI is InChI=1S/C13H23NO2/c1-10(12-8-5-9-16-12)14-13(15)11-6-3-2-4-7-11/h10-12H,2-9H2,1H3,(H,14,15)/t10-,12-/m1/s1. The molecule has 0 radical (unpaired) electrons. The Hall–Kier alpha value is -0.570. The minimum Gasteiger partial charge on any atom is -0.376 e. The van der Waals surface area contributed by atoms with Gasteiger partial charge in [-0.15, -0.1) is 0 Å². The van der Waals surface area contributed by atoms with Gasteiger partial charge in [0.05, 0.1) is 12.1 Å². The predicted octanol–water partition coefficient (Wildman–Crippen LogP) is 2.25. The summed E-state index contributed by atoms with van der Waals surface area (Å²) in [7, 11) is 0. The van der Waals surface area contributed by atoms with Gasteiger partial charge in [0, 0.05) is 12.5 Å². The van der Waals surface area contributed by atoms with E-state index < -0.39 is 0 Å². The first-order valence-electron chi connectivity index (χ1n) is 6.69. The van der Waals surface area contributed by atoms with Crippen LogP contribution in [0, 0.1) is 5.92 Å². The lowest BCUT2D eigenvalue weighted by atomic mass is 9.88. The molecule has 1 aliphatic heterocycles. The summed E-state index contributed by atoms with van der Waals surface area (Å²) in [6.45, 7) is 2.92. The van der Waals surface area contributed by atoms with Crippen LogP contribution in [0.25, 0.3) is 0 Å². The first-order chi connectivity index (χ1) is 7.77. The maximum atomic E-state index is 12.0. The number of hydrogen-bond donors (Lipinski definition) is 1. The SMILES string of the molecule is C[C@@H](NC(=O)C1CCCCC1)[C@H]1CCCO1. The number of rotatable bonds is 3. The molecule has 0 aromatic rings. The Morgan fingerprint density at radius 2 is 1.94 bits per heavy atom. The van der Waals surface area contributed by atoms with Crippen LogP contribution in [-0.2, 0) is 9.53 Å². The Morgan fingerprint density at radius 3 is 2.56 bits per heavy atom. The molecule has 1 N–H and O–H groups in total. The average Bonchev–Trinajstić information content (AvgIpc) is 2.83. The summed E-state index contributed by atoms with van der Waals surface area (Å²) in [4.78, 5) is 12.0. The molecule has 2 fully saturated rings. The summed E-state index contributed by atoms with van der Waals surface area (Å²) in [6.07, 6.45) is 8.34. The number of nitrogens with one attached hydrogen (secondary N) is 1. The van der Waals surface area contributed by atoms with Crippen LogP contribution in [0.4, 0.5) is 0 Å². The van der Waals surface area contributed by atoms with E-state index >= 15 is 0 Å². The first-order valence-corrected chi connectivity index (χ1v) is 6.69. The van der Waals surface area contributed by atoms with Crippen LogP contribution in [0.5, 0.6) is 0 Å². The lowest BCUT2D eigenvalue weighted by Gasteiger charge is -2.25. The lowest BCUT2D eigenvalue weighted by molar-refractivity contribution is -0.127. The number of carbonyl (C=O) groups excluding carboxylic acids is 1. The molecule has 2 aliphatic rings. The van der Waals surface area contributed by atoms with Gasteiger partial charge < -0.3 is 10.1 Å². The van der Waals surface area contributed by atoms with Crippen LogP contribution in [-0.4, -0.2) is 24.7 Å². The lowest BCUT2D eigenvalue weighted by Crippen LogP contribution is -2.44. The Labute approximate surface area is 97.9 Å². The monoisotopic (exact) mass is 225 g/mol. The fraction of sp³-hybridized carbons (Fsp3) is 0.923. The molecule has 2 atom stereocenters. The minimum absolute atomic E-state index is 0.178. The van der Waals surface area contributed by atoms with Crippen LogP contribution < -0.4 is 5.32 Å². The molecule has 1 heterocycles. The van der Waals surface area contributed by atoms with Crippen LogP contribution in [0.1, 0.15) is 51.9 Å². The van der Waals surface area contributed by atoms with E-state index in [0.29, 0.717) is 0 Å². The highest BCUT2D eigenvalue weighted by Gasteiger charge is 2.27. The van der Waals surface area contributed by atoms with E-state index in [4.69, 9.17) is 4.74 Å². The molecule has 0 aromatic heterocycles. The van der Waals surface area contributed by atoms with Gasteiger partial charge >= 0.3 is 0 Å². The number of amides is 1. The van der Waals surface area contributed by atoms with Crippen molar-refractivity contribution in [3.05, 3.63) is 0 Å². The Kier molecular flexibility index (Phi) is 4.22. The van der Waals surface area contributed by atoms with Crippen molar-refractivity contribution < 1.29 is 9.53 Å². The fourth-order valence-electron chi connectivity index (χ4n) is 2.80. The summed E-state index contributed by atoms with van der Waals surface area (Å²) < 4.78 is 5.59. The van der Waals surface area contributed by atoms with Gasteiger partial charge in [0.2, 0.25) is 5.91 Å². The third-order valence-electron chi connectivity index (χ3n) is 3.87. The van der Waals surface area contributed by atoms with Gasteiger partial charge in [-0.3, -0.25) is 4.79 Å². The normalized spacial score (nSPS) is 28.9. The highest BCUT2D eigenvalue weighted by Crippen LogP contribution is 2.24. The van der Waals surface area contributed by atoms with Crippen LogP contribution in [0.15, 0.2) is 0 Å². The quantitative estimate of drug-likeness (QED) is 0.800. The second kappa shape index (κ2) is 5.67. The van der Waals surface area contributed by atoms with Crippen molar-refractivity contribution in [2.24, 2.45) is 5.92 Å². The summed E-state index contributed by atoms with van der Waals surface area (Å²) in [5.74, 6) is 0.514. The van der Waals surface area contributed by atoms with Crippen molar-refractivity contribution in [1.82, 2.24) is 5.32 Å². The molecule has 0 aromatic carbocycles. The number of ether oxygens (including phenoxy) is 1. The smallest absolute Gasteiger partial charge is 0.223 e. The van der Waals surface area contributed by atoms with Crippen LogP contribution in [0.2, 0.25) is 0 Å². The molecule has 1 aliphatic carbocycles. The van der Waals surface area contributed by atoms with E-state index in [1.807, 2.05) is 0 Å². The van der Waals surface area contributed by atoms with Crippen molar-refractivity contribution in [2.75, 3.05) is 6.61 Å². The third-order valence-corrected chi connectivity index (χ3v) is 3.87. The molecule has 0 bridgehead atoms. The molecule has 3 heteroatoms. The van der Waals surface area contributed by atoms with E-state index in [0.717, 1.165) is 32.3 Å². The van der Waals surface area contributed by atoms with Crippen molar-refractivity contribution >= 4 is 5.91 Å². The maximum absolute atomic E-state index is 12.0. The van der Waals surface area contributed by atoms with Crippen molar-refractivity contribution in [3.8, 4) is 0 Å². The second-order valence-corrected chi connectivity index (χ2v) is 5.18. The second-order valence-electron chi connectivity index (χ2n) is 5.18. The largest absolute Gasteiger partial charge is 0.376 e. The predicted molar refractivity (Wildman–Crippen MR) is 63.2 cm³/mol. The minimum atomic E-state index is 0.178.